The van der Waals surface area contributed by atoms with Crippen molar-refractivity contribution in [3.63, 3.8) is 0 Å². The van der Waals surface area contributed by atoms with Gasteiger partial charge in [-0.25, -0.2) is 0 Å². The first-order valence-corrected chi connectivity index (χ1v) is 6.97. The molecule has 3 rings (SSSR count). The normalized spacial score (nSPS) is 14.7. The molecule has 1 amide bonds. The minimum Gasteiger partial charge on any atom is -0.298 e. The van der Waals surface area contributed by atoms with E-state index in [0.717, 1.165) is 28.4 Å². The SMILES string of the molecule is O=Cc1ccc(-c2cccc(N3C(=O)CC(=O)C=C3F)c2)cc1. The van der Waals surface area contributed by atoms with Crippen LogP contribution in [0.3, 0.4) is 0 Å². The molecule has 0 aromatic heterocycles. The van der Waals surface area contributed by atoms with Gasteiger partial charge < -0.3 is 0 Å². The number of amides is 1. The van der Waals surface area contributed by atoms with E-state index in [1.54, 1.807) is 42.5 Å². The van der Waals surface area contributed by atoms with Crippen LogP contribution in [0.5, 0.6) is 0 Å². The molecule has 114 valence electrons. The van der Waals surface area contributed by atoms with Crippen LogP contribution in [0.2, 0.25) is 0 Å². The van der Waals surface area contributed by atoms with Gasteiger partial charge in [0.15, 0.2) is 5.78 Å². The molecule has 1 aliphatic heterocycles. The number of hydrogen-bond donors (Lipinski definition) is 0. The van der Waals surface area contributed by atoms with Crippen LogP contribution >= 0.6 is 0 Å². The van der Waals surface area contributed by atoms with E-state index in [4.69, 9.17) is 0 Å². The molecule has 1 heterocycles. The first kappa shape index (κ1) is 14.8. The number of ketones is 1. The van der Waals surface area contributed by atoms with Crippen molar-refractivity contribution in [1.29, 1.82) is 0 Å². The predicted molar refractivity (Wildman–Crippen MR) is 83.6 cm³/mol. The maximum atomic E-state index is 14.0. The highest BCUT2D eigenvalue weighted by Gasteiger charge is 2.27. The van der Waals surface area contributed by atoms with Gasteiger partial charge in [-0.2, -0.15) is 4.39 Å². The number of aldehydes is 1. The second kappa shape index (κ2) is 5.96. The van der Waals surface area contributed by atoms with Gasteiger partial charge in [0.25, 0.3) is 0 Å². The molecule has 0 radical (unpaired) electrons. The Morgan fingerprint density at radius 1 is 1.00 bits per heavy atom. The molecule has 0 spiro atoms. The van der Waals surface area contributed by atoms with Gasteiger partial charge in [0, 0.05) is 11.6 Å². The first-order chi connectivity index (χ1) is 11.1. The molecule has 5 heteroatoms. The number of anilines is 1. The van der Waals surface area contributed by atoms with Crippen molar-refractivity contribution in [3.8, 4) is 11.1 Å². The number of benzene rings is 2. The van der Waals surface area contributed by atoms with Gasteiger partial charge >= 0.3 is 0 Å². The van der Waals surface area contributed by atoms with Crippen molar-refractivity contribution in [1.82, 2.24) is 0 Å². The zero-order chi connectivity index (χ0) is 16.4. The Kier molecular flexibility index (Phi) is 3.85. The summed E-state index contributed by atoms with van der Waals surface area (Å²) in [6.07, 6.45) is 1.24. The Balaban J connectivity index is 1.99. The number of rotatable bonds is 3. The summed E-state index contributed by atoms with van der Waals surface area (Å²) in [7, 11) is 0. The van der Waals surface area contributed by atoms with Crippen LogP contribution < -0.4 is 4.90 Å². The van der Waals surface area contributed by atoms with Gasteiger partial charge in [0.2, 0.25) is 11.9 Å². The van der Waals surface area contributed by atoms with E-state index in [0.29, 0.717) is 11.3 Å². The van der Waals surface area contributed by atoms with Crippen molar-refractivity contribution in [3.05, 3.63) is 66.1 Å². The highest BCUT2D eigenvalue weighted by Crippen LogP contribution is 2.29. The van der Waals surface area contributed by atoms with Gasteiger partial charge in [-0.1, -0.05) is 36.4 Å². The fourth-order valence-electron chi connectivity index (χ4n) is 2.44. The Morgan fingerprint density at radius 2 is 1.74 bits per heavy atom. The third-order valence-electron chi connectivity index (χ3n) is 3.55. The molecule has 0 fully saturated rings. The van der Waals surface area contributed by atoms with E-state index in [1.807, 2.05) is 6.07 Å². The molecule has 0 saturated heterocycles. The smallest absolute Gasteiger partial charge is 0.241 e. The molecule has 2 aromatic rings. The topological polar surface area (TPSA) is 54.5 Å². The number of allylic oxidation sites excluding steroid dienone is 1. The molecule has 0 aliphatic carbocycles. The number of carbonyl (C=O) groups excluding carboxylic acids is 3. The van der Waals surface area contributed by atoms with Crippen molar-refractivity contribution in [2.24, 2.45) is 0 Å². The summed E-state index contributed by atoms with van der Waals surface area (Å²) in [6.45, 7) is 0. The molecular weight excluding hydrogens is 297 g/mol. The number of carbonyl (C=O) groups is 3. The maximum Gasteiger partial charge on any atom is 0.241 e. The molecule has 23 heavy (non-hydrogen) atoms. The fraction of sp³-hybridized carbons (Fsp3) is 0.0556. The molecule has 0 atom stereocenters. The lowest BCUT2D eigenvalue weighted by molar-refractivity contribution is -0.125. The summed E-state index contributed by atoms with van der Waals surface area (Å²) in [5.41, 5.74) is 2.52. The van der Waals surface area contributed by atoms with Crippen LogP contribution in [0.15, 0.2) is 60.6 Å². The second-order valence-electron chi connectivity index (χ2n) is 5.13. The fourth-order valence-corrected chi connectivity index (χ4v) is 2.44. The summed E-state index contributed by atoms with van der Waals surface area (Å²) < 4.78 is 14.0. The maximum absolute atomic E-state index is 14.0. The van der Waals surface area contributed by atoms with Crippen LogP contribution in [0.1, 0.15) is 16.8 Å². The molecule has 0 unspecified atom stereocenters. The molecule has 0 saturated carbocycles. The van der Waals surface area contributed by atoms with Crippen LogP contribution in [0, 0.1) is 0 Å². The summed E-state index contributed by atoms with van der Waals surface area (Å²) in [5.74, 6) is -2.01. The molecule has 1 aliphatic rings. The largest absolute Gasteiger partial charge is 0.298 e. The third-order valence-corrected chi connectivity index (χ3v) is 3.55. The van der Waals surface area contributed by atoms with E-state index in [9.17, 15) is 18.8 Å². The monoisotopic (exact) mass is 309 g/mol. The first-order valence-electron chi connectivity index (χ1n) is 6.97. The average molecular weight is 309 g/mol. The Morgan fingerprint density at radius 3 is 2.39 bits per heavy atom. The Hall–Kier alpha value is -3.08. The van der Waals surface area contributed by atoms with E-state index in [1.165, 1.54) is 0 Å². The Bertz CT molecular complexity index is 824. The van der Waals surface area contributed by atoms with Gasteiger partial charge in [-0.05, 0) is 23.3 Å². The number of halogens is 1. The minimum atomic E-state index is -0.875. The lowest BCUT2D eigenvalue weighted by Crippen LogP contribution is -2.34. The summed E-state index contributed by atoms with van der Waals surface area (Å²) in [6, 6.07) is 13.7. The lowest BCUT2D eigenvalue weighted by atomic mass is 10.0. The van der Waals surface area contributed by atoms with Gasteiger partial charge in [0.05, 0.1) is 12.1 Å². The number of nitrogens with zero attached hydrogens (tertiary/aromatic N) is 1. The lowest BCUT2D eigenvalue weighted by Gasteiger charge is -2.23. The number of hydrogen-bond acceptors (Lipinski definition) is 3. The third kappa shape index (κ3) is 2.94. The van der Waals surface area contributed by atoms with Gasteiger partial charge in [-0.3, -0.25) is 19.3 Å². The molecular formula is C18H12FNO3. The molecule has 4 nitrogen and oxygen atoms in total. The standard InChI is InChI=1S/C18H12FNO3/c19-17-9-16(22)10-18(23)20(17)15-3-1-2-14(8-15)13-6-4-12(11-21)5-7-13/h1-9,11H,10H2. The zero-order valence-corrected chi connectivity index (χ0v) is 12.0. The van der Waals surface area contributed by atoms with Crippen molar-refractivity contribution in [2.75, 3.05) is 4.90 Å². The summed E-state index contributed by atoms with van der Waals surface area (Å²) >= 11 is 0. The average Bonchev–Trinajstić information content (AvgIpc) is 2.54. The van der Waals surface area contributed by atoms with E-state index < -0.39 is 17.6 Å². The van der Waals surface area contributed by atoms with Crippen LogP contribution in [-0.4, -0.2) is 18.0 Å². The van der Waals surface area contributed by atoms with E-state index in [-0.39, 0.29) is 6.42 Å². The predicted octanol–water partition coefficient (Wildman–Crippen LogP) is 3.28. The molecule has 0 bridgehead atoms. The molecule has 0 N–H and O–H groups in total. The zero-order valence-electron chi connectivity index (χ0n) is 12.0. The van der Waals surface area contributed by atoms with Crippen LogP contribution in [-0.2, 0) is 9.59 Å². The Labute approximate surface area is 131 Å². The van der Waals surface area contributed by atoms with Crippen LogP contribution in [0.4, 0.5) is 10.1 Å². The second-order valence-corrected chi connectivity index (χ2v) is 5.13. The summed E-state index contributed by atoms with van der Waals surface area (Å²) in [5, 5.41) is 0. The quantitative estimate of drug-likeness (QED) is 0.497. The van der Waals surface area contributed by atoms with Gasteiger partial charge in [-0.15, -0.1) is 0 Å². The summed E-state index contributed by atoms with van der Waals surface area (Å²) in [4.78, 5) is 34.7. The highest BCUT2D eigenvalue weighted by molar-refractivity contribution is 6.14. The minimum absolute atomic E-state index is 0.342. The van der Waals surface area contributed by atoms with Crippen molar-refractivity contribution < 1.29 is 18.8 Å². The van der Waals surface area contributed by atoms with E-state index >= 15 is 0 Å². The van der Waals surface area contributed by atoms with E-state index in [2.05, 4.69) is 0 Å². The van der Waals surface area contributed by atoms with Crippen LogP contribution in [0.25, 0.3) is 11.1 Å². The molecule has 2 aromatic carbocycles. The van der Waals surface area contributed by atoms with Crippen molar-refractivity contribution in [2.45, 2.75) is 6.42 Å². The van der Waals surface area contributed by atoms with Crippen molar-refractivity contribution >= 4 is 23.7 Å². The van der Waals surface area contributed by atoms with Gasteiger partial charge in [0.1, 0.15) is 6.29 Å². The highest BCUT2D eigenvalue weighted by atomic mass is 19.1.